The largest absolute Gasteiger partial charge is 0.496 e. The lowest BCUT2D eigenvalue weighted by Crippen LogP contribution is -2.34. The van der Waals surface area contributed by atoms with Crippen molar-refractivity contribution in [1.29, 1.82) is 0 Å². The Hall–Kier alpha value is -2.87. The van der Waals surface area contributed by atoms with E-state index >= 15 is 0 Å². The Bertz CT molecular complexity index is 957. The number of ether oxygens (including phenoxy) is 1. The fraction of sp³-hybridized carbons (Fsp3) is 0.450. The molecule has 1 fully saturated rings. The van der Waals surface area contributed by atoms with Crippen molar-refractivity contribution in [2.75, 3.05) is 24.8 Å². The van der Waals surface area contributed by atoms with Crippen LogP contribution in [-0.2, 0) is 6.54 Å². The Morgan fingerprint density at radius 3 is 2.89 bits per heavy atom. The van der Waals surface area contributed by atoms with Crippen molar-refractivity contribution >= 4 is 22.8 Å². The zero-order chi connectivity index (χ0) is 19.5. The van der Waals surface area contributed by atoms with Gasteiger partial charge in [-0.15, -0.1) is 0 Å². The zero-order valence-corrected chi connectivity index (χ0v) is 16.0. The molecule has 1 saturated carbocycles. The molecule has 4 rings (SSSR count). The highest BCUT2D eigenvalue weighted by molar-refractivity contribution is 5.86. The monoisotopic (exact) mass is 382 g/mol. The van der Waals surface area contributed by atoms with Crippen LogP contribution in [0.4, 0.5) is 11.8 Å². The summed E-state index contributed by atoms with van der Waals surface area (Å²) < 4.78 is 7.26. The number of anilines is 2. The van der Waals surface area contributed by atoms with Gasteiger partial charge >= 0.3 is 0 Å². The predicted octanol–water partition coefficient (Wildman–Crippen LogP) is 2.43. The fourth-order valence-corrected chi connectivity index (χ4v) is 3.96. The topological polar surface area (TPSA) is 111 Å². The van der Waals surface area contributed by atoms with Gasteiger partial charge in [0.05, 0.1) is 19.9 Å². The van der Waals surface area contributed by atoms with Crippen molar-refractivity contribution in [3.05, 3.63) is 36.0 Å². The molecule has 8 nitrogen and oxygen atoms in total. The number of aliphatic hydroxyl groups is 1. The number of hydrogen-bond acceptors (Lipinski definition) is 7. The summed E-state index contributed by atoms with van der Waals surface area (Å²) >= 11 is 0. The molecule has 1 aliphatic rings. The first kappa shape index (κ1) is 18.5. The van der Waals surface area contributed by atoms with Gasteiger partial charge in [0.1, 0.15) is 11.3 Å². The standard InChI is InChI=1S/C20H26N6O2/c1-28-17-9-5-3-6-13(17)10-26-11-16-18(25-26)19(24-20(21)23-16)22-15-8-4-2-7-14(15)12-27/h3,5-6,9,11,14-15,27H,2,4,7-8,10,12H2,1H3,(H3,21,22,23,24). The van der Waals surface area contributed by atoms with Crippen LogP contribution in [0.25, 0.3) is 11.0 Å². The number of rotatable bonds is 6. The lowest BCUT2D eigenvalue weighted by Gasteiger charge is -2.31. The van der Waals surface area contributed by atoms with Crippen LogP contribution in [0, 0.1) is 5.92 Å². The maximum absolute atomic E-state index is 9.70. The SMILES string of the molecule is COc1ccccc1Cn1cc2nc(N)nc(NC3CCCCC3CO)c2n1. The van der Waals surface area contributed by atoms with Crippen LogP contribution in [-0.4, -0.2) is 44.6 Å². The summed E-state index contributed by atoms with van der Waals surface area (Å²) in [6.07, 6.45) is 6.17. The molecule has 2 aromatic heterocycles. The predicted molar refractivity (Wildman–Crippen MR) is 108 cm³/mol. The van der Waals surface area contributed by atoms with Gasteiger partial charge in [0.25, 0.3) is 0 Å². The third kappa shape index (κ3) is 3.73. The van der Waals surface area contributed by atoms with E-state index in [1.54, 1.807) is 7.11 Å². The molecule has 2 atom stereocenters. The Kier molecular flexibility index (Phi) is 5.29. The third-order valence-electron chi connectivity index (χ3n) is 5.42. The molecule has 0 saturated heterocycles. The molecule has 2 heterocycles. The Morgan fingerprint density at radius 2 is 2.07 bits per heavy atom. The summed E-state index contributed by atoms with van der Waals surface area (Å²) in [5, 5.41) is 17.9. The van der Waals surface area contributed by atoms with Gasteiger partial charge in [0.2, 0.25) is 5.95 Å². The summed E-state index contributed by atoms with van der Waals surface area (Å²) in [6.45, 7) is 0.728. The molecule has 8 heteroatoms. The number of nitrogens with one attached hydrogen (secondary N) is 1. The first-order valence-electron chi connectivity index (χ1n) is 9.68. The number of benzene rings is 1. The number of nitrogens with two attached hydrogens (primary N) is 1. The molecule has 0 amide bonds. The molecule has 4 N–H and O–H groups in total. The van der Waals surface area contributed by atoms with Crippen LogP contribution in [0.15, 0.2) is 30.5 Å². The molecule has 148 valence electrons. The minimum Gasteiger partial charge on any atom is -0.496 e. The maximum Gasteiger partial charge on any atom is 0.222 e. The summed E-state index contributed by atoms with van der Waals surface area (Å²) in [7, 11) is 1.66. The second kappa shape index (κ2) is 8.02. The average Bonchev–Trinajstić information content (AvgIpc) is 3.11. The lowest BCUT2D eigenvalue weighted by molar-refractivity contribution is 0.178. The van der Waals surface area contributed by atoms with Gasteiger partial charge in [-0.2, -0.15) is 10.1 Å². The molecule has 0 radical (unpaired) electrons. The Balaban J connectivity index is 1.64. The van der Waals surface area contributed by atoms with Crippen molar-refractivity contribution in [3.8, 4) is 5.75 Å². The van der Waals surface area contributed by atoms with Crippen LogP contribution in [0.3, 0.4) is 0 Å². The maximum atomic E-state index is 9.70. The van der Waals surface area contributed by atoms with E-state index in [-0.39, 0.29) is 24.5 Å². The number of fused-ring (bicyclic) bond motifs is 1. The van der Waals surface area contributed by atoms with E-state index in [9.17, 15) is 5.11 Å². The van der Waals surface area contributed by atoms with Gasteiger partial charge in [-0.25, -0.2) is 4.98 Å². The molecule has 1 aromatic carbocycles. The number of nitrogens with zero attached hydrogens (tertiary/aromatic N) is 4. The van der Waals surface area contributed by atoms with Crippen molar-refractivity contribution in [2.24, 2.45) is 5.92 Å². The Morgan fingerprint density at radius 1 is 1.25 bits per heavy atom. The molecule has 1 aliphatic carbocycles. The lowest BCUT2D eigenvalue weighted by atomic mass is 9.85. The van der Waals surface area contributed by atoms with Crippen LogP contribution < -0.4 is 15.8 Å². The quantitative estimate of drug-likeness (QED) is 0.600. The van der Waals surface area contributed by atoms with E-state index in [1.165, 1.54) is 0 Å². The number of hydrogen-bond donors (Lipinski definition) is 3. The van der Waals surface area contributed by atoms with Gasteiger partial charge in [-0.1, -0.05) is 31.0 Å². The normalized spacial score (nSPS) is 19.6. The average molecular weight is 382 g/mol. The number of aliphatic hydroxyl groups excluding tert-OH is 1. The van der Waals surface area contributed by atoms with Gasteiger partial charge in [0, 0.05) is 24.1 Å². The third-order valence-corrected chi connectivity index (χ3v) is 5.42. The minimum absolute atomic E-state index is 0.163. The Labute approximate surface area is 163 Å². The highest BCUT2D eigenvalue weighted by Crippen LogP contribution is 2.29. The number of para-hydroxylation sites is 1. The molecule has 2 unspecified atom stereocenters. The first-order chi connectivity index (χ1) is 13.7. The summed E-state index contributed by atoms with van der Waals surface area (Å²) in [4.78, 5) is 8.73. The van der Waals surface area contributed by atoms with Gasteiger partial charge in [-0.3, -0.25) is 4.68 Å². The van der Waals surface area contributed by atoms with Crippen LogP contribution >= 0.6 is 0 Å². The zero-order valence-electron chi connectivity index (χ0n) is 16.0. The summed E-state index contributed by atoms with van der Waals surface area (Å²) in [6, 6.07) is 8.03. The molecule has 0 spiro atoms. The van der Waals surface area contributed by atoms with E-state index in [4.69, 9.17) is 15.6 Å². The molecule has 0 bridgehead atoms. The minimum atomic E-state index is 0.163. The smallest absolute Gasteiger partial charge is 0.222 e. The van der Waals surface area contributed by atoms with Crippen molar-refractivity contribution in [2.45, 2.75) is 38.3 Å². The number of nitrogen functional groups attached to an aromatic ring is 1. The summed E-state index contributed by atoms with van der Waals surface area (Å²) in [5.41, 5.74) is 8.35. The van der Waals surface area contributed by atoms with Crippen molar-refractivity contribution in [3.63, 3.8) is 0 Å². The summed E-state index contributed by atoms with van der Waals surface area (Å²) in [5.74, 6) is 1.88. The molecule has 0 aliphatic heterocycles. The van der Waals surface area contributed by atoms with Gasteiger partial charge < -0.3 is 20.9 Å². The van der Waals surface area contributed by atoms with Crippen molar-refractivity contribution < 1.29 is 9.84 Å². The molecular formula is C20H26N6O2. The number of methoxy groups -OCH3 is 1. The van der Waals surface area contributed by atoms with Crippen LogP contribution in [0.1, 0.15) is 31.2 Å². The van der Waals surface area contributed by atoms with E-state index in [0.29, 0.717) is 23.4 Å². The van der Waals surface area contributed by atoms with E-state index in [1.807, 2.05) is 35.1 Å². The van der Waals surface area contributed by atoms with Crippen LogP contribution in [0.5, 0.6) is 5.75 Å². The highest BCUT2D eigenvalue weighted by Gasteiger charge is 2.26. The molecular weight excluding hydrogens is 356 g/mol. The van der Waals surface area contributed by atoms with E-state index in [0.717, 1.165) is 37.0 Å². The molecule has 3 aromatic rings. The van der Waals surface area contributed by atoms with E-state index < -0.39 is 0 Å². The molecule has 28 heavy (non-hydrogen) atoms. The second-order valence-electron chi connectivity index (χ2n) is 7.28. The van der Waals surface area contributed by atoms with Gasteiger partial charge in [0.15, 0.2) is 11.3 Å². The fourth-order valence-electron chi connectivity index (χ4n) is 3.96. The van der Waals surface area contributed by atoms with Gasteiger partial charge in [-0.05, 0) is 18.9 Å². The van der Waals surface area contributed by atoms with Crippen molar-refractivity contribution in [1.82, 2.24) is 19.7 Å². The van der Waals surface area contributed by atoms with Crippen LogP contribution in [0.2, 0.25) is 0 Å². The number of aromatic nitrogens is 4. The van der Waals surface area contributed by atoms with E-state index in [2.05, 4.69) is 15.3 Å². The second-order valence-corrected chi connectivity index (χ2v) is 7.28. The highest BCUT2D eigenvalue weighted by atomic mass is 16.5. The first-order valence-corrected chi connectivity index (χ1v) is 9.68.